The van der Waals surface area contributed by atoms with Gasteiger partial charge in [-0.2, -0.15) is 0 Å². The molecule has 0 bridgehead atoms. The van der Waals surface area contributed by atoms with Gasteiger partial charge in [0.05, 0.1) is 18.1 Å². The smallest absolute Gasteiger partial charge is 0.175 e. The fourth-order valence-corrected chi connectivity index (χ4v) is 2.63. The fourth-order valence-electron chi connectivity index (χ4n) is 2.00. The summed E-state index contributed by atoms with van der Waals surface area (Å²) in [6, 6.07) is 7.43. The third-order valence-electron chi connectivity index (χ3n) is 2.99. The number of hydrogen-bond donors (Lipinski definition) is 1. The Morgan fingerprint density at radius 1 is 1.26 bits per heavy atom. The van der Waals surface area contributed by atoms with Crippen molar-refractivity contribution in [1.82, 2.24) is 5.32 Å². The lowest BCUT2D eigenvalue weighted by molar-refractivity contribution is 0.0637. The Morgan fingerprint density at radius 2 is 1.95 bits per heavy atom. The molecule has 1 aromatic rings. The van der Waals surface area contributed by atoms with Gasteiger partial charge in [0.25, 0.3) is 0 Å². The monoisotopic (exact) mass is 281 g/mol. The molecule has 19 heavy (non-hydrogen) atoms. The van der Waals surface area contributed by atoms with Gasteiger partial charge in [-0.25, -0.2) is 8.42 Å². The van der Waals surface area contributed by atoms with E-state index in [0.29, 0.717) is 17.5 Å². The molecule has 2 atom stereocenters. The number of benzene rings is 1. The van der Waals surface area contributed by atoms with Crippen molar-refractivity contribution >= 4 is 15.9 Å². The van der Waals surface area contributed by atoms with E-state index in [1.165, 1.54) is 6.26 Å². The molecule has 0 radical (unpaired) electrons. The summed E-state index contributed by atoms with van der Waals surface area (Å²) in [4.78, 5) is 0.345. The van der Waals surface area contributed by atoms with Crippen LogP contribution in [0.4, 0.5) is 0 Å². The van der Waals surface area contributed by atoms with E-state index in [1.54, 1.807) is 24.3 Å². The van der Waals surface area contributed by atoms with Crippen LogP contribution >= 0.6 is 0 Å². The second-order valence-corrected chi connectivity index (χ2v) is 6.93. The Hall–Kier alpha value is -1.17. The number of nitrogens with one attached hydrogen (secondary N) is 1. The molecule has 0 amide bonds. The van der Waals surface area contributed by atoms with Gasteiger partial charge in [0, 0.05) is 18.3 Å². The number of morpholine rings is 1. The van der Waals surface area contributed by atoms with Gasteiger partial charge in [0.1, 0.15) is 0 Å². The summed E-state index contributed by atoms with van der Waals surface area (Å²) >= 11 is 0. The van der Waals surface area contributed by atoms with Gasteiger partial charge in [0.2, 0.25) is 0 Å². The molecule has 1 aromatic carbocycles. The van der Waals surface area contributed by atoms with Crippen molar-refractivity contribution in [3.8, 4) is 0 Å². The summed E-state index contributed by atoms with van der Waals surface area (Å²) in [5.74, 6) is 0. The van der Waals surface area contributed by atoms with E-state index in [-0.39, 0.29) is 6.04 Å². The average Bonchev–Trinajstić information content (AvgIpc) is 2.36. The van der Waals surface area contributed by atoms with E-state index in [1.807, 2.05) is 12.2 Å². The zero-order valence-electron chi connectivity index (χ0n) is 11.2. The van der Waals surface area contributed by atoms with Crippen LogP contribution in [-0.4, -0.2) is 40.0 Å². The van der Waals surface area contributed by atoms with Crippen molar-refractivity contribution in [3.05, 3.63) is 35.9 Å². The van der Waals surface area contributed by atoms with Crippen LogP contribution in [0.5, 0.6) is 0 Å². The van der Waals surface area contributed by atoms with Gasteiger partial charge in [-0.05, 0) is 24.6 Å². The zero-order chi connectivity index (χ0) is 13.9. The highest BCUT2D eigenvalue weighted by molar-refractivity contribution is 7.90. The maximum absolute atomic E-state index is 11.3. The number of rotatable bonds is 3. The van der Waals surface area contributed by atoms with Gasteiger partial charge in [-0.15, -0.1) is 0 Å². The van der Waals surface area contributed by atoms with Crippen molar-refractivity contribution in [2.45, 2.75) is 23.9 Å². The van der Waals surface area contributed by atoms with Crippen LogP contribution in [0.3, 0.4) is 0 Å². The van der Waals surface area contributed by atoms with E-state index >= 15 is 0 Å². The zero-order valence-corrected chi connectivity index (χ0v) is 12.0. The van der Waals surface area contributed by atoms with Crippen LogP contribution < -0.4 is 5.32 Å². The first-order chi connectivity index (χ1) is 8.95. The molecule has 2 unspecified atom stereocenters. The second kappa shape index (κ2) is 5.86. The molecule has 1 aliphatic heterocycles. The van der Waals surface area contributed by atoms with Gasteiger partial charge in [-0.1, -0.05) is 24.3 Å². The summed E-state index contributed by atoms with van der Waals surface area (Å²) < 4.78 is 28.1. The summed E-state index contributed by atoms with van der Waals surface area (Å²) in [7, 11) is -3.12. The Kier molecular flexibility index (Phi) is 4.39. The van der Waals surface area contributed by atoms with Crippen molar-refractivity contribution in [2.75, 3.05) is 19.5 Å². The Labute approximate surface area is 114 Å². The van der Waals surface area contributed by atoms with E-state index in [4.69, 9.17) is 4.74 Å². The van der Waals surface area contributed by atoms with Crippen LogP contribution in [0.2, 0.25) is 0 Å². The summed E-state index contributed by atoms with van der Waals surface area (Å²) in [5.41, 5.74) is 0.979. The standard InChI is InChI=1S/C14H19NO3S/c1-11-9-18-10-13(15-11)6-3-12-4-7-14(8-5-12)19(2,16)17/h3-8,11,13,15H,9-10H2,1-2H3/b6-3+. The van der Waals surface area contributed by atoms with Gasteiger partial charge < -0.3 is 10.1 Å². The highest BCUT2D eigenvalue weighted by Gasteiger charge is 2.15. The summed E-state index contributed by atoms with van der Waals surface area (Å²) in [5, 5.41) is 3.41. The van der Waals surface area contributed by atoms with Crippen LogP contribution in [0.1, 0.15) is 12.5 Å². The van der Waals surface area contributed by atoms with E-state index in [2.05, 4.69) is 12.2 Å². The first kappa shape index (κ1) is 14.2. The van der Waals surface area contributed by atoms with Crippen molar-refractivity contribution in [3.63, 3.8) is 0 Å². The Balaban J connectivity index is 2.03. The SMILES string of the molecule is CC1COCC(/C=C/c2ccc(S(C)(=O)=O)cc2)N1. The number of hydrogen-bond acceptors (Lipinski definition) is 4. The molecule has 1 saturated heterocycles. The molecule has 104 valence electrons. The fraction of sp³-hybridized carbons (Fsp3) is 0.429. The normalized spacial score (nSPS) is 24.7. The lowest BCUT2D eigenvalue weighted by Gasteiger charge is -2.26. The van der Waals surface area contributed by atoms with Crippen LogP contribution in [0, 0.1) is 0 Å². The minimum atomic E-state index is -3.12. The van der Waals surface area contributed by atoms with Crippen LogP contribution in [0.25, 0.3) is 6.08 Å². The molecule has 0 saturated carbocycles. The predicted octanol–water partition coefficient (Wildman–Crippen LogP) is 1.48. The molecule has 2 rings (SSSR count). The molecule has 5 heteroatoms. The first-order valence-corrected chi connectivity index (χ1v) is 8.16. The highest BCUT2D eigenvalue weighted by Crippen LogP contribution is 2.12. The summed E-state index contributed by atoms with van der Waals surface area (Å²) in [6.07, 6.45) is 5.23. The lowest BCUT2D eigenvalue weighted by atomic mass is 10.1. The van der Waals surface area contributed by atoms with E-state index in [0.717, 1.165) is 12.2 Å². The quantitative estimate of drug-likeness (QED) is 0.912. The van der Waals surface area contributed by atoms with Crippen molar-refractivity contribution in [1.29, 1.82) is 0 Å². The van der Waals surface area contributed by atoms with E-state index < -0.39 is 9.84 Å². The summed E-state index contributed by atoms with van der Waals surface area (Å²) in [6.45, 7) is 3.50. The first-order valence-electron chi connectivity index (χ1n) is 6.27. The van der Waals surface area contributed by atoms with Crippen molar-refractivity contribution < 1.29 is 13.2 Å². The molecule has 0 aromatic heterocycles. The minimum absolute atomic E-state index is 0.207. The van der Waals surface area contributed by atoms with Crippen LogP contribution in [0.15, 0.2) is 35.2 Å². The van der Waals surface area contributed by atoms with Crippen molar-refractivity contribution in [2.24, 2.45) is 0 Å². The number of ether oxygens (including phenoxy) is 1. The van der Waals surface area contributed by atoms with Gasteiger partial charge in [0.15, 0.2) is 9.84 Å². The molecular weight excluding hydrogens is 262 g/mol. The third-order valence-corrected chi connectivity index (χ3v) is 4.12. The highest BCUT2D eigenvalue weighted by atomic mass is 32.2. The number of sulfone groups is 1. The molecule has 0 aliphatic carbocycles. The molecule has 1 N–H and O–H groups in total. The van der Waals surface area contributed by atoms with Gasteiger partial charge >= 0.3 is 0 Å². The predicted molar refractivity (Wildman–Crippen MR) is 75.8 cm³/mol. The molecule has 0 spiro atoms. The Morgan fingerprint density at radius 3 is 2.53 bits per heavy atom. The lowest BCUT2D eigenvalue weighted by Crippen LogP contribution is -2.46. The van der Waals surface area contributed by atoms with E-state index in [9.17, 15) is 8.42 Å². The molecule has 4 nitrogen and oxygen atoms in total. The Bertz CT molecular complexity index is 549. The second-order valence-electron chi connectivity index (χ2n) is 4.91. The van der Waals surface area contributed by atoms with Crippen LogP contribution in [-0.2, 0) is 14.6 Å². The third kappa shape index (κ3) is 4.16. The molecular formula is C14H19NO3S. The molecule has 1 aliphatic rings. The average molecular weight is 281 g/mol. The topological polar surface area (TPSA) is 55.4 Å². The maximum Gasteiger partial charge on any atom is 0.175 e. The largest absolute Gasteiger partial charge is 0.378 e. The molecule has 1 fully saturated rings. The van der Waals surface area contributed by atoms with Gasteiger partial charge in [-0.3, -0.25) is 0 Å². The maximum atomic E-state index is 11.3. The minimum Gasteiger partial charge on any atom is -0.378 e. The molecule has 1 heterocycles.